The number of methoxy groups -OCH3 is 1. The molecule has 0 unspecified atom stereocenters. The van der Waals surface area contributed by atoms with Crippen molar-refractivity contribution in [3.05, 3.63) is 52.9 Å². The van der Waals surface area contributed by atoms with Crippen LogP contribution in [0.25, 0.3) is 0 Å². The minimum absolute atomic E-state index is 0.0516. The Bertz CT molecular complexity index is 670. The Kier molecular flexibility index (Phi) is 5.19. The van der Waals surface area contributed by atoms with E-state index in [1.54, 1.807) is 19.6 Å². The van der Waals surface area contributed by atoms with Crippen molar-refractivity contribution in [2.24, 2.45) is 0 Å². The van der Waals surface area contributed by atoms with Crippen LogP contribution in [0.4, 0.5) is 0 Å². The smallest absolute Gasteiger partial charge is 0.187 e. The molecular formula is C17H19ClN2O3. The summed E-state index contributed by atoms with van der Waals surface area (Å²) in [6, 6.07) is 0. The molecule has 0 aromatic carbocycles. The first-order chi connectivity index (χ1) is 11.2. The van der Waals surface area contributed by atoms with E-state index in [1.807, 2.05) is 22.9 Å². The van der Waals surface area contributed by atoms with Crippen molar-refractivity contribution in [3.63, 3.8) is 0 Å². The third kappa shape index (κ3) is 4.24. The summed E-state index contributed by atoms with van der Waals surface area (Å²) in [7, 11) is 1.66. The van der Waals surface area contributed by atoms with Gasteiger partial charge in [-0.1, -0.05) is 17.3 Å². The summed E-state index contributed by atoms with van der Waals surface area (Å²) in [6.07, 6.45) is 10.6. The fourth-order valence-corrected chi connectivity index (χ4v) is 2.81. The van der Waals surface area contributed by atoms with Gasteiger partial charge in [0.25, 0.3) is 0 Å². The molecule has 5 nitrogen and oxygen atoms in total. The second-order valence-corrected chi connectivity index (χ2v) is 6.02. The molecule has 3 rings (SSSR count). The van der Waals surface area contributed by atoms with Crippen LogP contribution in [0.5, 0.6) is 0 Å². The first kappa shape index (κ1) is 16.3. The zero-order valence-electron chi connectivity index (χ0n) is 13.0. The Labute approximate surface area is 140 Å². The van der Waals surface area contributed by atoms with E-state index >= 15 is 0 Å². The zero-order chi connectivity index (χ0) is 16.1. The second-order valence-electron chi connectivity index (χ2n) is 5.61. The number of hydrogen-bond acceptors (Lipinski definition) is 4. The number of allylic oxidation sites excluding steroid dienone is 4. The molecule has 1 aliphatic heterocycles. The van der Waals surface area contributed by atoms with Crippen molar-refractivity contribution in [1.29, 1.82) is 0 Å². The number of aromatic nitrogens is 2. The van der Waals surface area contributed by atoms with Gasteiger partial charge in [-0.15, -0.1) is 0 Å². The van der Waals surface area contributed by atoms with E-state index < -0.39 is 5.79 Å². The van der Waals surface area contributed by atoms with Gasteiger partial charge >= 0.3 is 0 Å². The molecule has 2 aliphatic rings. The van der Waals surface area contributed by atoms with Gasteiger partial charge in [-0.05, 0) is 24.3 Å². The third-order valence-electron chi connectivity index (χ3n) is 3.80. The van der Waals surface area contributed by atoms with Gasteiger partial charge in [0.1, 0.15) is 6.10 Å². The first-order valence-corrected chi connectivity index (χ1v) is 7.92. The van der Waals surface area contributed by atoms with Crippen LogP contribution in [-0.2, 0) is 20.8 Å². The standard InChI is InChI=1S/C17H19ClN2O3/c1-21-10-16-11-22-17(23-16,12-20-9-8-19-13-20)7-6-14-2-4-15(18)5-3-14/h2,4,8-9,13,16H,6-7,10-12H2,1H3/t16-,17-/m1/s1. The predicted octanol–water partition coefficient (Wildman–Crippen LogP) is 2.79. The van der Waals surface area contributed by atoms with Gasteiger partial charge in [-0.3, -0.25) is 0 Å². The van der Waals surface area contributed by atoms with Crippen LogP contribution in [0, 0.1) is 0 Å². The van der Waals surface area contributed by atoms with Crippen molar-refractivity contribution in [1.82, 2.24) is 9.55 Å². The molecule has 2 heterocycles. The normalized spacial score (nSPS) is 26.4. The van der Waals surface area contributed by atoms with Crippen molar-refractivity contribution in [2.75, 3.05) is 20.3 Å². The Hall–Kier alpha value is -1.58. The van der Waals surface area contributed by atoms with Gasteiger partial charge in [0.2, 0.25) is 0 Å². The number of halogens is 1. The zero-order valence-corrected chi connectivity index (χ0v) is 13.8. The summed E-state index contributed by atoms with van der Waals surface area (Å²) in [4.78, 5) is 4.08. The van der Waals surface area contributed by atoms with Gasteiger partial charge in [0, 0.05) is 31.5 Å². The number of imidazole rings is 1. The van der Waals surface area contributed by atoms with Crippen LogP contribution >= 0.6 is 11.6 Å². The Morgan fingerprint density at radius 3 is 3.09 bits per heavy atom. The highest BCUT2D eigenvalue weighted by Gasteiger charge is 2.41. The van der Waals surface area contributed by atoms with Gasteiger partial charge in [-0.25, -0.2) is 4.98 Å². The summed E-state index contributed by atoms with van der Waals surface area (Å²) < 4.78 is 19.3. The van der Waals surface area contributed by atoms with Crippen LogP contribution in [0.2, 0.25) is 0 Å². The summed E-state index contributed by atoms with van der Waals surface area (Å²) in [5, 5.41) is 0.565. The molecule has 1 fully saturated rings. The van der Waals surface area contributed by atoms with E-state index in [2.05, 4.69) is 16.4 Å². The summed E-state index contributed by atoms with van der Waals surface area (Å²) in [6.45, 7) is 1.63. The van der Waals surface area contributed by atoms with Crippen LogP contribution in [-0.4, -0.2) is 41.8 Å². The number of rotatable bonds is 7. The van der Waals surface area contributed by atoms with Crippen LogP contribution in [0.15, 0.2) is 52.9 Å². The fourth-order valence-electron chi connectivity index (χ4n) is 2.70. The average molecular weight is 335 g/mol. The molecule has 0 bridgehead atoms. The number of nitrogens with zero attached hydrogens (tertiary/aromatic N) is 2. The second kappa shape index (κ2) is 7.33. The van der Waals surface area contributed by atoms with Crippen molar-refractivity contribution in [3.8, 4) is 0 Å². The average Bonchev–Trinajstić information content (AvgIpc) is 3.18. The molecule has 1 aromatic heterocycles. The van der Waals surface area contributed by atoms with E-state index in [4.69, 9.17) is 25.8 Å². The molecule has 122 valence electrons. The fraction of sp³-hybridized carbons (Fsp3) is 0.471. The number of hydrogen-bond donors (Lipinski definition) is 0. The number of ether oxygens (including phenoxy) is 3. The first-order valence-electron chi connectivity index (χ1n) is 7.54. The molecule has 0 amide bonds. The predicted molar refractivity (Wildman–Crippen MR) is 85.9 cm³/mol. The maximum atomic E-state index is 6.16. The monoisotopic (exact) mass is 334 g/mol. The third-order valence-corrected chi connectivity index (χ3v) is 4.02. The van der Waals surface area contributed by atoms with Gasteiger partial charge in [-0.2, -0.15) is 0 Å². The Morgan fingerprint density at radius 2 is 2.39 bits per heavy atom. The summed E-state index contributed by atoms with van der Waals surface area (Å²) in [5.41, 5.74) is 6.98. The maximum absolute atomic E-state index is 6.16. The molecular weight excluding hydrogens is 316 g/mol. The largest absolute Gasteiger partial charge is 0.382 e. The van der Waals surface area contributed by atoms with E-state index in [0.717, 1.165) is 12.0 Å². The minimum Gasteiger partial charge on any atom is -0.382 e. The van der Waals surface area contributed by atoms with Crippen molar-refractivity contribution in [2.45, 2.75) is 31.3 Å². The quantitative estimate of drug-likeness (QED) is 0.719. The van der Waals surface area contributed by atoms with Gasteiger partial charge in [0.05, 0.1) is 31.1 Å². The molecule has 1 aromatic rings. The highest BCUT2D eigenvalue weighted by atomic mass is 35.5. The van der Waals surface area contributed by atoms with E-state index in [0.29, 0.717) is 31.2 Å². The van der Waals surface area contributed by atoms with E-state index in [1.165, 1.54) is 0 Å². The molecule has 1 saturated heterocycles. The van der Waals surface area contributed by atoms with Gasteiger partial charge < -0.3 is 18.8 Å². The molecule has 0 N–H and O–H groups in total. The lowest BCUT2D eigenvalue weighted by molar-refractivity contribution is -0.185. The highest BCUT2D eigenvalue weighted by Crippen LogP contribution is 2.32. The highest BCUT2D eigenvalue weighted by molar-refractivity contribution is 6.31. The summed E-state index contributed by atoms with van der Waals surface area (Å²) >= 11 is 5.85. The molecule has 1 aliphatic carbocycles. The lowest BCUT2D eigenvalue weighted by Crippen LogP contribution is -2.36. The minimum atomic E-state index is -0.683. The SMILES string of the molecule is COC[C@@H]1CO[C@@](CCC2=C=C=C(Cl)C=C2)(Cn2ccnc2)O1. The van der Waals surface area contributed by atoms with Crippen molar-refractivity contribution < 1.29 is 14.2 Å². The van der Waals surface area contributed by atoms with E-state index in [9.17, 15) is 0 Å². The van der Waals surface area contributed by atoms with Crippen LogP contribution in [0.1, 0.15) is 12.8 Å². The molecule has 23 heavy (non-hydrogen) atoms. The van der Waals surface area contributed by atoms with Crippen LogP contribution in [0.3, 0.4) is 0 Å². The summed E-state index contributed by atoms with van der Waals surface area (Å²) in [5.74, 6) is -0.683. The molecule has 6 heteroatoms. The van der Waals surface area contributed by atoms with Crippen molar-refractivity contribution >= 4 is 11.6 Å². The molecule has 0 saturated carbocycles. The lowest BCUT2D eigenvalue weighted by Gasteiger charge is -2.28. The Morgan fingerprint density at radius 1 is 1.48 bits per heavy atom. The maximum Gasteiger partial charge on any atom is 0.187 e. The molecule has 0 radical (unpaired) electrons. The topological polar surface area (TPSA) is 45.5 Å². The molecule has 2 atom stereocenters. The lowest BCUT2D eigenvalue weighted by atomic mass is 10.0. The van der Waals surface area contributed by atoms with E-state index in [-0.39, 0.29) is 6.10 Å². The van der Waals surface area contributed by atoms with Gasteiger partial charge in [0.15, 0.2) is 5.79 Å². The molecule has 0 spiro atoms. The Balaban J connectivity index is 1.71. The van der Waals surface area contributed by atoms with Crippen LogP contribution < -0.4 is 0 Å².